The first-order valence-electron chi connectivity index (χ1n) is 4.97. The predicted molar refractivity (Wildman–Crippen MR) is 56.9 cm³/mol. The number of hydrogen-bond donors (Lipinski definition) is 2. The first-order valence-corrected chi connectivity index (χ1v) is 4.97. The predicted octanol–water partition coefficient (Wildman–Crippen LogP) is 1.50. The van der Waals surface area contributed by atoms with Crippen molar-refractivity contribution in [1.29, 1.82) is 0 Å². The third-order valence-corrected chi connectivity index (χ3v) is 2.73. The van der Waals surface area contributed by atoms with Crippen LogP contribution < -0.4 is 5.32 Å². The molecule has 0 radical (unpaired) electrons. The largest absolute Gasteiger partial charge is 0.396 e. The topological polar surface area (TPSA) is 32.3 Å². The molecule has 2 rings (SSSR count). The lowest BCUT2D eigenvalue weighted by Crippen LogP contribution is -2.30. The highest BCUT2D eigenvalue weighted by Crippen LogP contribution is 2.27. The molecule has 2 nitrogen and oxygen atoms in total. The minimum absolute atomic E-state index is 0.233. The van der Waals surface area contributed by atoms with Gasteiger partial charge in [0.15, 0.2) is 0 Å². The summed E-state index contributed by atoms with van der Waals surface area (Å²) in [7, 11) is 0. The summed E-state index contributed by atoms with van der Waals surface area (Å²) in [5.41, 5.74) is 1.28. The van der Waals surface area contributed by atoms with Gasteiger partial charge in [0.1, 0.15) is 0 Å². The lowest BCUT2D eigenvalue weighted by molar-refractivity contribution is 0.210. The first-order chi connectivity index (χ1) is 6.92. The quantitative estimate of drug-likeness (QED) is 0.739. The van der Waals surface area contributed by atoms with Crippen LogP contribution in [-0.2, 0) is 0 Å². The Morgan fingerprint density at radius 1 is 1.29 bits per heavy atom. The van der Waals surface area contributed by atoms with Crippen LogP contribution in [-0.4, -0.2) is 18.3 Å². The fourth-order valence-corrected chi connectivity index (χ4v) is 1.91. The van der Waals surface area contributed by atoms with Crippen molar-refractivity contribution in [3.63, 3.8) is 0 Å². The highest BCUT2D eigenvalue weighted by atomic mass is 16.3. The van der Waals surface area contributed by atoms with E-state index in [1.54, 1.807) is 0 Å². The maximum Gasteiger partial charge on any atom is 0.0484 e. The van der Waals surface area contributed by atoms with Crippen molar-refractivity contribution in [2.24, 2.45) is 5.92 Å². The lowest BCUT2D eigenvalue weighted by atomic mass is 9.85. The molecule has 0 spiro atoms. The van der Waals surface area contributed by atoms with E-state index < -0.39 is 0 Å². The summed E-state index contributed by atoms with van der Waals surface area (Å²) in [6.45, 7) is 1.09. The summed E-state index contributed by atoms with van der Waals surface area (Å²) in [6.07, 6.45) is 4.10. The average Bonchev–Trinajstić information content (AvgIpc) is 2.30. The van der Waals surface area contributed by atoms with Gasteiger partial charge < -0.3 is 10.4 Å². The minimum atomic E-state index is 0.233. The maximum absolute atomic E-state index is 9.25. The van der Waals surface area contributed by atoms with Crippen molar-refractivity contribution < 1.29 is 5.11 Å². The summed E-state index contributed by atoms with van der Waals surface area (Å²) >= 11 is 0. The lowest BCUT2D eigenvalue weighted by Gasteiger charge is -2.27. The van der Waals surface area contributed by atoms with E-state index in [-0.39, 0.29) is 6.61 Å². The number of rotatable bonds is 2. The minimum Gasteiger partial charge on any atom is -0.396 e. The van der Waals surface area contributed by atoms with Crippen LogP contribution in [0.1, 0.15) is 11.5 Å². The third-order valence-electron chi connectivity index (χ3n) is 2.73. The molecule has 2 N–H and O–H groups in total. The van der Waals surface area contributed by atoms with Crippen molar-refractivity contribution in [3.8, 4) is 0 Å². The monoisotopic (exact) mass is 189 g/mol. The highest BCUT2D eigenvalue weighted by molar-refractivity contribution is 5.26. The highest BCUT2D eigenvalue weighted by Gasteiger charge is 2.21. The van der Waals surface area contributed by atoms with Gasteiger partial charge in [0.25, 0.3) is 0 Å². The number of nitrogens with one attached hydrogen (secondary N) is 1. The zero-order valence-electron chi connectivity index (χ0n) is 8.06. The van der Waals surface area contributed by atoms with Crippen molar-refractivity contribution in [1.82, 2.24) is 5.32 Å². The molecule has 74 valence electrons. The van der Waals surface area contributed by atoms with Crippen LogP contribution in [0.25, 0.3) is 0 Å². The van der Waals surface area contributed by atoms with Crippen molar-refractivity contribution in [2.45, 2.75) is 5.92 Å². The molecule has 1 aromatic rings. The molecule has 0 bridgehead atoms. The molecule has 2 heteroatoms. The fraction of sp³-hybridized carbons (Fsp3) is 0.333. The van der Waals surface area contributed by atoms with E-state index in [1.807, 2.05) is 24.4 Å². The van der Waals surface area contributed by atoms with E-state index in [1.165, 1.54) is 5.56 Å². The van der Waals surface area contributed by atoms with Crippen molar-refractivity contribution in [3.05, 3.63) is 48.2 Å². The van der Waals surface area contributed by atoms with Crippen molar-refractivity contribution in [2.75, 3.05) is 13.2 Å². The molecule has 2 unspecified atom stereocenters. The Bertz CT molecular complexity index is 307. The molecule has 0 saturated heterocycles. The number of allylic oxidation sites excluding steroid dienone is 1. The van der Waals surface area contributed by atoms with Crippen LogP contribution in [0.5, 0.6) is 0 Å². The zero-order chi connectivity index (χ0) is 9.80. The summed E-state index contributed by atoms with van der Waals surface area (Å²) in [6, 6.07) is 10.3. The average molecular weight is 189 g/mol. The molecule has 1 aliphatic rings. The summed E-state index contributed by atoms with van der Waals surface area (Å²) in [5, 5.41) is 12.4. The Labute approximate surface area is 84.3 Å². The second-order valence-electron chi connectivity index (χ2n) is 3.65. The maximum atomic E-state index is 9.25. The van der Waals surface area contributed by atoms with E-state index in [9.17, 15) is 5.11 Å². The van der Waals surface area contributed by atoms with Gasteiger partial charge in [-0.2, -0.15) is 0 Å². The summed E-state index contributed by atoms with van der Waals surface area (Å²) in [5.74, 6) is 0.643. The van der Waals surface area contributed by atoms with E-state index >= 15 is 0 Å². The van der Waals surface area contributed by atoms with Gasteiger partial charge in [-0.25, -0.2) is 0 Å². The second-order valence-corrected chi connectivity index (χ2v) is 3.65. The second kappa shape index (κ2) is 4.29. The Kier molecular flexibility index (Phi) is 2.84. The Balaban J connectivity index is 2.23. The smallest absolute Gasteiger partial charge is 0.0484 e. The van der Waals surface area contributed by atoms with Gasteiger partial charge in [-0.15, -0.1) is 0 Å². The van der Waals surface area contributed by atoms with Gasteiger partial charge in [-0.05, 0) is 11.8 Å². The number of aliphatic hydroxyl groups is 1. The molecular formula is C12H15NO. The van der Waals surface area contributed by atoms with Gasteiger partial charge in [-0.1, -0.05) is 36.4 Å². The Hall–Kier alpha value is -1.28. The normalized spacial score (nSPS) is 25.8. The molecule has 0 aliphatic carbocycles. The van der Waals surface area contributed by atoms with Crippen molar-refractivity contribution >= 4 is 0 Å². The molecule has 0 saturated carbocycles. The molecule has 1 heterocycles. The van der Waals surface area contributed by atoms with Crippen LogP contribution in [0.15, 0.2) is 42.6 Å². The summed E-state index contributed by atoms with van der Waals surface area (Å²) in [4.78, 5) is 0. The molecule has 0 fully saturated rings. The van der Waals surface area contributed by atoms with E-state index in [0.29, 0.717) is 11.8 Å². The number of benzene rings is 1. The van der Waals surface area contributed by atoms with Crippen LogP contribution in [0.3, 0.4) is 0 Å². The molecule has 0 aromatic heterocycles. The van der Waals surface area contributed by atoms with Crippen LogP contribution in [0, 0.1) is 5.92 Å². The van der Waals surface area contributed by atoms with Crippen LogP contribution >= 0.6 is 0 Å². The molecule has 2 atom stereocenters. The molecule has 14 heavy (non-hydrogen) atoms. The SMILES string of the molecule is OCC1CNC=CC1c1ccccc1. The fourth-order valence-electron chi connectivity index (χ4n) is 1.91. The van der Waals surface area contributed by atoms with Crippen LogP contribution in [0.4, 0.5) is 0 Å². The molecule has 1 aromatic carbocycles. The van der Waals surface area contributed by atoms with E-state index in [0.717, 1.165) is 6.54 Å². The van der Waals surface area contributed by atoms with Gasteiger partial charge in [0, 0.05) is 25.0 Å². The molecular weight excluding hydrogens is 174 g/mol. The number of aliphatic hydroxyl groups excluding tert-OH is 1. The Morgan fingerprint density at radius 3 is 2.79 bits per heavy atom. The van der Waals surface area contributed by atoms with Gasteiger partial charge in [0.05, 0.1) is 0 Å². The summed E-state index contributed by atoms with van der Waals surface area (Å²) < 4.78 is 0. The van der Waals surface area contributed by atoms with E-state index in [4.69, 9.17) is 0 Å². The first kappa shape index (κ1) is 9.28. The standard InChI is InChI=1S/C12H15NO/c14-9-11-8-13-7-6-12(11)10-4-2-1-3-5-10/h1-7,11-14H,8-9H2. The Morgan fingerprint density at radius 2 is 2.07 bits per heavy atom. The molecule has 1 aliphatic heterocycles. The van der Waals surface area contributed by atoms with Crippen LogP contribution in [0.2, 0.25) is 0 Å². The molecule has 0 amide bonds. The third kappa shape index (κ3) is 1.80. The zero-order valence-corrected chi connectivity index (χ0v) is 8.06. The van der Waals surface area contributed by atoms with Gasteiger partial charge in [-0.3, -0.25) is 0 Å². The van der Waals surface area contributed by atoms with Gasteiger partial charge in [0.2, 0.25) is 0 Å². The van der Waals surface area contributed by atoms with Gasteiger partial charge >= 0.3 is 0 Å². The number of hydrogen-bond acceptors (Lipinski definition) is 2. The van der Waals surface area contributed by atoms with E-state index in [2.05, 4.69) is 23.5 Å².